The summed E-state index contributed by atoms with van der Waals surface area (Å²) >= 11 is 0. The van der Waals surface area contributed by atoms with Crippen LogP contribution in [0.3, 0.4) is 0 Å². The van der Waals surface area contributed by atoms with Gasteiger partial charge in [0.15, 0.2) is 11.6 Å². The van der Waals surface area contributed by atoms with Gasteiger partial charge in [-0.05, 0) is 45.4 Å². The lowest BCUT2D eigenvalue weighted by Crippen LogP contribution is -2.34. The fourth-order valence-corrected chi connectivity index (χ4v) is 3.20. The number of furan rings is 1. The first-order valence-electron chi connectivity index (χ1n) is 9.20. The maximum absolute atomic E-state index is 6.11. The molecule has 7 heteroatoms. The fraction of sp³-hybridized carbons (Fsp3) is 0.273. The summed E-state index contributed by atoms with van der Waals surface area (Å²) in [5.74, 6) is 2.11. The van der Waals surface area contributed by atoms with E-state index in [2.05, 4.69) is 11.4 Å². The first kappa shape index (κ1) is 22.9. The number of nitrogens with two attached hydrogens (primary N) is 1. The smallest absolute Gasteiger partial charge is 0.198 e. The summed E-state index contributed by atoms with van der Waals surface area (Å²) in [6, 6.07) is 16.0. The molecule has 0 radical (unpaired) electrons. The van der Waals surface area contributed by atoms with Gasteiger partial charge in [0.05, 0.1) is 5.52 Å². The number of fused-ring (bicyclic) bond motifs is 2. The number of benzene rings is 2. The number of halogens is 2. The molecule has 2 heterocycles. The molecule has 0 saturated carbocycles. The highest BCUT2D eigenvalue weighted by Gasteiger charge is 2.17. The third-order valence-electron chi connectivity index (χ3n) is 4.71. The molecule has 0 bridgehead atoms. The van der Waals surface area contributed by atoms with E-state index in [4.69, 9.17) is 20.1 Å². The van der Waals surface area contributed by atoms with E-state index < -0.39 is 0 Å². The van der Waals surface area contributed by atoms with Crippen LogP contribution in [0.25, 0.3) is 33.5 Å². The molecule has 0 atom stereocenters. The van der Waals surface area contributed by atoms with Crippen molar-refractivity contribution < 1.29 is 4.42 Å². The summed E-state index contributed by atoms with van der Waals surface area (Å²) in [6.45, 7) is 6.83. The Morgan fingerprint density at radius 3 is 2.31 bits per heavy atom. The molecule has 0 unspecified atom stereocenters. The molecule has 2 aromatic carbocycles. The van der Waals surface area contributed by atoms with E-state index in [0.29, 0.717) is 11.6 Å². The molecular formula is C22H26Cl2N4O. The van der Waals surface area contributed by atoms with E-state index in [-0.39, 0.29) is 30.4 Å². The number of aryl methyl sites for hydroxylation is 1. The Morgan fingerprint density at radius 2 is 1.62 bits per heavy atom. The van der Waals surface area contributed by atoms with E-state index in [1.807, 2.05) is 63.2 Å². The SMILES string of the molecule is Cc1c(-c2nc(NCCC(C)(C)N)c3ccccc3n2)oc2ccccc12.Cl.Cl. The lowest BCUT2D eigenvalue weighted by Gasteiger charge is -2.19. The molecule has 0 saturated heterocycles. The van der Waals surface area contributed by atoms with Crippen molar-refractivity contribution >= 4 is 52.5 Å². The van der Waals surface area contributed by atoms with Crippen molar-refractivity contribution in [3.8, 4) is 11.6 Å². The second-order valence-electron chi connectivity index (χ2n) is 7.63. The van der Waals surface area contributed by atoms with Gasteiger partial charge in [0, 0.05) is 28.4 Å². The van der Waals surface area contributed by atoms with Crippen molar-refractivity contribution in [1.82, 2.24) is 9.97 Å². The van der Waals surface area contributed by atoms with Gasteiger partial charge in [-0.25, -0.2) is 9.97 Å². The largest absolute Gasteiger partial charge is 0.452 e. The van der Waals surface area contributed by atoms with E-state index in [1.165, 1.54) is 0 Å². The van der Waals surface area contributed by atoms with Crippen molar-refractivity contribution in [3.63, 3.8) is 0 Å². The normalized spacial score (nSPS) is 11.2. The summed E-state index contributed by atoms with van der Waals surface area (Å²) in [6.07, 6.45) is 0.838. The van der Waals surface area contributed by atoms with Gasteiger partial charge in [0.1, 0.15) is 11.4 Å². The van der Waals surface area contributed by atoms with Gasteiger partial charge in [-0.3, -0.25) is 0 Å². The molecule has 4 aromatic rings. The standard InChI is InChI=1S/C22H24N4O.2ClH/c1-14-15-8-5-7-11-18(15)27-19(14)21-25-17-10-6-4-9-16(17)20(26-21)24-13-12-22(2,3)23;;/h4-11H,12-13,23H2,1-3H3,(H,24,25,26);2*1H. The van der Waals surface area contributed by atoms with Crippen LogP contribution in [0.4, 0.5) is 5.82 Å². The molecule has 3 N–H and O–H groups in total. The molecule has 0 spiro atoms. The monoisotopic (exact) mass is 432 g/mol. The van der Waals surface area contributed by atoms with Crippen molar-refractivity contribution in [2.24, 2.45) is 5.73 Å². The number of hydrogen-bond acceptors (Lipinski definition) is 5. The molecule has 0 aliphatic rings. The van der Waals surface area contributed by atoms with Gasteiger partial charge in [0.2, 0.25) is 0 Å². The van der Waals surface area contributed by atoms with Gasteiger partial charge in [0.25, 0.3) is 0 Å². The lowest BCUT2D eigenvalue weighted by molar-refractivity contribution is 0.490. The number of nitrogens with one attached hydrogen (secondary N) is 1. The topological polar surface area (TPSA) is 77.0 Å². The maximum Gasteiger partial charge on any atom is 0.198 e. The minimum Gasteiger partial charge on any atom is -0.452 e. The Kier molecular flexibility index (Phi) is 7.11. The second kappa shape index (κ2) is 8.99. The van der Waals surface area contributed by atoms with E-state index in [0.717, 1.165) is 46.2 Å². The number of para-hydroxylation sites is 2. The van der Waals surface area contributed by atoms with Gasteiger partial charge in [-0.1, -0.05) is 30.3 Å². The highest BCUT2D eigenvalue weighted by atomic mass is 35.5. The summed E-state index contributed by atoms with van der Waals surface area (Å²) in [5, 5.41) is 5.51. The van der Waals surface area contributed by atoms with Gasteiger partial charge in [-0.2, -0.15) is 0 Å². The minimum atomic E-state index is -0.228. The predicted molar refractivity (Wildman–Crippen MR) is 125 cm³/mol. The average molecular weight is 433 g/mol. The first-order valence-corrected chi connectivity index (χ1v) is 9.20. The first-order chi connectivity index (χ1) is 12.9. The second-order valence-corrected chi connectivity index (χ2v) is 7.63. The molecule has 154 valence electrons. The van der Waals surface area contributed by atoms with Crippen molar-refractivity contribution in [2.75, 3.05) is 11.9 Å². The number of rotatable bonds is 5. The number of aromatic nitrogens is 2. The van der Waals surface area contributed by atoms with Crippen LogP contribution >= 0.6 is 24.8 Å². The molecule has 0 amide bonds. The highest BCUT2D eigenvalue weighted by Crippen LogP contribution is 2.33. The van der Waals surface area contributed by atoms with Gasteiger partial charge in [-0.15, -0.1) is 24.8 Å². The third kappa shape index (κ3) is 4.81. The predicted octanol–water partition coefficient (Wildman–Crippen LogP) is 5.73. The Morgan fingerprint density at radius 1 is 0.966 bits per heavy atom. The van der Waals surface area contributed by atoms with Crippen LogP contribution in [0.5, 0.6) is 0 Å². The molecule has 0 aliphatic heterocycles. The zero-order valence-corrected chi connectivity index (χ0v) is 18.4. The van der Waals surface area contributed by atoms with Crippen LogP contribution in [0.1, 0.15) is 25.8 Å². The maximum atomic E-state index is 6.11. The Hall–Kier alpha value is -2.34. The molecule has 5 nitrogen and oxygen atoms in total. The van der Waals surface area contributed by atoms with Gasteiger partial charge >= 0.3 is 0 Å². The van der Waals surface area contributed by atoms with Crippen LogP contribution in [-0.2, 0) is 0 Å². The molecular weight excluding hydrogens is 407 g/mol. The highest BCUT2D eigenvalue weighted by molar-refractivity contribution is 5.92. The van der Waals surface area contributed by atoms with Crippen molar-refractivity contribution in [3.05, 3.63) is 54.1 Å². The van der Waals surface area contributed by atoms with E-state index in [9.17, 15) is 0 Å². The average Bonchev–Trinajstić information content (AvgIpc) is 2.98. The Bertz CT molecular complexity index is 1120. The van der Waals surface area contributed by atoms with Crippen molar-refractivity contribution in [1.29, 1.82) is 0 Å². The van der Waals surface area contributed by atoms with Crippen LogP contribution in [0, 0.1) is 6.92 Å². The zero-order chi connectivity index (χ0) is 19.0. The quantitative estimate of drug-likeness (QED) is 0.420. The summed E-state index contributed by atoms with van der Waals surface area (Å²) < 4.78 is 6.07. The molecule has 0 fully saturated rings. The minimum absolute atomic E-state index is 0. The molecule has 0 aliphatic carbocycles. The zero-order valence-electron chi connectivity index (χ0n) is 16.7. The van der Waals surface area contributed by atoms with Crippen LogP contribution in [0.2, 0.25) is 0 Å². The summed E-state index contributed by atoms with van der Waals surface area (Å²) in [4.78, 5) is 9.54. The summed E-state index contributed by atoms with van der Waals surface area (Å²) in [7, 11) is 0. The van der Waals surface area contributed by atoms with Crippen LogP contribution in [0.15, 0.2) is 52.9 Å². The molecule has 2 aromatic heterocycles. The van der Waals surface area contributed by atoms with Crippen LogP contribution < -0.4 is 11.1 Å². The van der Waals surface area contributed by atoms with Crippen molar-refractivity contribution in [2.45, 2.75) is 32.7 Å². The third-order valence-corrected chi connectivity index (χ3v) is 4.71. The van der Waals surface area contributed by atoms with Gasteiger partial charge < -0.3 is 15.5 Å². The Balaban J connectivity index is 0.00000150. The summed E-state index contributed by atoms with van der Waals surface area (Å²) in [5.41, 5.74) is 8.67. The molecule has 29 heavy (non-hydrogen) atoms. The molecule has 4 rings (SSSR count). The fourth-order valence-electron chi connectivity index (χ4n) is 3.20. The Labute approximate surface area is 182 Å². The van der Waals surface area contributed by atoms with E-state index >= 15 is 0 Å². The lowest BCUT2D eigenvalue weighted by atomic mass is 10.0. The number of hydrogen-bond donors (Lipinski definition) is 2. The number of nitrogens with zero attached hydrogens (tertiary/aromatic N) is 2. The number of anilines is 1. The van der Waals surface area contributed by atoms with E-state index in [1.54, 1.807) is 0 Å². The van der Waals surface area contributed by atoms with Crippen LogP contribution in [-0.4, -0.2) is 22.1 Å².